The van der Waals surface area contributed by atoms with Crippen LogP contribution in [0.1, 0.15) is 41.9 Å². The smallest absolute Gasteiger partial charge is 0.272 e. The van der Waals surface area contributed by atoms with Crippen LogP contribution in [-0.4, -0.2) is 51.9 Å². The van der Waals surface area contributed by atoms with E-state index in [0.29, 0.717) is 25.2 Å². The van der Waals surface area contributed by atoms with Gasteiger partial charge in [0.05, 0.1) is 24.7 Å². The maximum absolute atomic E-state index is 13.4. The lowest BCUT2D eigenvalue weighted by Gasteiger charge is -2.40. The number of nitrogens with zero attached hydrogens (tertiary/aromatic N) is 3. The van der Waals surface area contributed by atoms with Crippen molar-refractivity contribution in [1.82, 2.24) is 14.5 Å². The molecule has 1 aromatic heterocycles. The molecule has 2 saturated heterocycles. The first-order valence-corrected chi connectivity index (χ1v) is 11.3. The topological polar surface area (TPSA) is 64.4 Å². The molecule has 7 heteroatoms. The monoisotopic (exact) mass is 447 g/mol. The second kappa shape index (κ2) is 8.90. The van der Waals surface area contributed by atoms with Gasteiger partial charge in [0.15, 0.2) is 5.78 Å². The molecule has 170 valence electrons. The Labute approximate surface area is 192 Å². The van der Waals surface area contributed by atoms with E-state index in [2.05, 4.69) is 4.98 Å². The van der Waals surface area contributed by atoms with Crippen LogP contribution in [0.3, 0.4) is 0 Å². The van der Waals surface area contributed by atoms with E-state index in [1.54, 1.807) is 24.7 Å². The van der Waals surface area contributed by atoms with Gasteiger partial charge in [-0.2, -0.15) is 0 Å². The van der Waals surface area contributed by atoms with Gasteiger partial charge in [0.25, 0.3) is 5.91 Å². The van der Waals surface area contributed by atoms with Crippen molar-refractivity contribution in [1.29, 1.82) is 0 Å². The number of ketones is 1. The first-order valence-electron chi connectivity index (χ1n) is 11.3. The molecule has 2 aliphatic heterocycles. The molecule has 1 unspecified atom stereocenters. The number of fused-ring (bicyclic) bond motifs is 1. The number of hydrogen-bond donors (Lipinski definition) is 0. The molecule has 0 bridgehead atoms. The van der Waals surface area contributed by atoms with Crippen molar-refractivity contribution in [3.8, 4) is 11.1 Å². The molecule has 5 rings (SSSR count). The summed E-state index contributed by atoms with van der Waals surface area (Å²) in [5.74, 6) is -0.0242. The van der Waals surface area contributed by atoms with Crippen LogP contribution in [0.4, 0.5) is 4.39 Å². The number of aromatic nitrogens is 2. The van der Waals surface area contributed by atoms with Crippen molar-refractivity contribution in [3.63, 3.8) is 0 Å². The molecular weight excluding hydrogens is 421 g/mol. The van der Waals surface area contributed by atoms with Crippen LogP contribution in [-0.2, 0) is 9.53 Å². The Morgan fingerprint density at radius 2 is 1.97 bits per heavy atom. The summed E-state index contributed by atoms with van der Waals surface area (Å²) in [6, 6.07) is 14.2. The number of piperidine rings is 1. The lowest BCUT2D eigenvalue weighted by atomic mass is 9.87. The number of carbonyl (C=O) groups is 2. The third-order valence-electron chi connectivity index (χ3n) is 6.80. The quantitative estimate of drug-likeness (QED) is 0.604. The molecule has 2 aromatic carbocycles. The number of ether oxygens (including phenoxy) is 1. The largest absolute Gasteiger partial charge is 0.368 e. The minimum absolute atomic E-state index is 0.0856. The average Bonchev–Trinajstić information content (AvgIpc) is 3.33. The Kier molecular flexibility index (Phi) is 5.81. The van der Waals surface area contributed by atoms with Crippen LogP contribution >= 0.6 is 0 Å². The Morgan fingerprint density at radius 3 is 2.79 bits per heavy atom. The summed E-state index contributed by atoms with van der Waals surface area (Å²) in [4.78, 5) is 31.2. The number of halogens is 1. The van der Waals surface area contributed by atoms with Gasteiger partial charge in [-0.15, -0.1) is 0 Å². The van der Waals surface area contributed by atoms with Crippen LogP contribution < -0.4 is 0 Å². The van der Waals surface area contributed by atoms with Gasteiger partial charge in [0.1, 0.15) is 18.1 Å². The van der Waals surface area contributed by atoms with Gasteiger partial charge in [-0.3, -0.25) is 9.59 Å². The van der Waals surface area contributed by atoms with Gasteiger partial charge in [-0.1, -0.05) is 36.4 Å². The first-order chi connectivity index (χ1) is 16.0. The molecule has 0 N–H and O–H groups in total. The number of carbonyl (C=O) groups excluding carboxylic acids is 2. The molecule has 1 amide bonds. The maximum atomic E-state index is 13.4. The predicted octanol–water partition coefficient (Wildman–Crippen LogP) is 4.12. The van der Waals surface area contributed by atoms with Crippen LogP contribution in [0.15, 0.2) is 61.1 Å². The van der Waals surface area contributed by atoms with E-state index in [1.165, 1.54) is 12.1 Å². The SMILES string of the molecule is C[C@@H](c1ccccc1-c1ccc(F)cc1)n1cncc1C(=O)N1CCC2CC(=O)CO[C@H]2C1. The molecule has 0 saturated carbocycles. The van der Waals surface area contributed by atoms with Crippen LogP contribution in [0.2, 0.25) is 0 Å². The van der Waals surface area contributed by atoms with E-state index in [0.717, 1.165) is 23.1 Å². The highest BCUT2D eigenvalue weighted by Crippen LogP contribution is 2.32. The summed E-state index contributed by atoms with van der Waals surface area (Å²) >= 11 is 0. The number of rotatable bonds is 4. The van der Waals surface area contributed by atoms with Crippen LogP contribution in [0.5, 0.6) is 0 Å². The Hall–Kier alpha value is -3.32. The van der Waals surface area contributed by atoms with E-state index in [9.17, 15) is 14.0 Å². The molecule has 0 aliphatic carbocycles. The Balaban J connectivity index is 1.40. The van der Waals surface area contributed by atoms with E-state index in [4.69, 9.17) is 4.74 Å². The van der Waals surface area contributed by atoms with Gasteiger partial charge in [0.2, 0.25) is 0 Å². The highest BCUT2D eigenvalue weighted by atomic mass is 19.1. The summed E-state index contributed by atoms with van der Waals surface area (Å²) in [5, 5.41) is 0. The maximum Gasteiger partial charge on any atom is 0.272 e. The zero-order valence-corrected chi connectivity index (χ0v) is 18.5. The third kappa shape index (κ3) is 4.20. The van der Waals surface area contributed by atoms with Gasteiger partial charge >= 0.3 is 0 Å². The lowest BCUT2D eigenvalue weighted by molar-refractivity contribution is -0.139. The number of Topliss-reactive ketones (excluding diaryl/α,β-unsaturated/α-hetero) is 1. The second-order valence-corrected chi connectivity index (χ2v) is 8.85. The zero-order chi connectivity index (χ0) is 22.9. The molecule has 3 heterocycles. The van der Waals surface area contributed by atoms with E-state index >= 15 is 0 Å². The fourth-order valence-corrected chi connectivity index (χ4v) is 4.97. The van der Waals surface area contributed by atoms with Crippen LogP contribution in [0, 0.1) is 11.7 Å². The molecule has 0 spiro atoms. The van der Waals surface area contributed by atoms with Crippen molar-refractivity contribution < 1.29 is 18.7 Å². The molecule has 2 fully saturated rings. The number of likely N-dealkylation sites (tertiary alicyclic amines) is 1. The number of benzene rings is 2. The average molecular weight is 448 g/mol. The second-order valence-electron chi connectivity index (χ2n) is 8.85. The minimum Gasteiger partial charge on any atom is -0.368 e. The summed E-state index contributed by atoms with van der Waals surface area (Å²) in [5.41, 5.74) is 3.43. The standard InChI is InChI=1S/C26H26FN3O3/c1-17(22-4-2-3-5-23(22)18-6-8-20(27)9-7-18)30-16-28-13-24(30)26(32)29-11-10-19-12-21(31)15-33-25(19)14-29/h2-9,13,16-17,19,25H,10-12,14-15H2,1H3/t17-,19?,25-/m0/s1. The van der Waals surface area contributed by atoms with Gasteiger partial charge in [0, 0.05) is 19.5 Å². The van der Waals surface area contributed by atoms with E-state index in [1.807, 2.05) is 40.7 Å². The normalized spacial score (nSPS) is 21.5. The molecular formula is C26H26FN3O3. The molecule has 0 radical (unpaired) electrons. The van der Waals surface area contributed by atoms with E-state index < -0.39 is 0 Å². The highest BCUT2D eigenvalue weighted by Gasteiger charge is 2.37. The fraction of sp³-hybridized carbons (Fsp3) is 0.346. The first kappa shape index (κ1) is 21.5. The highest BCUT2D eigenvalue weighted by molar-refractivity contribution is 5.92. The number of imidazole rings is 1. The summed E-state index contributed by atoms with van der Waals surface area (Å²) < 4.78 is 21.1. The summed E-state index contributed by atoms with van der Waals surface area (Å²) in [7, 11) is 0. The van der Waals surface area contributed by atoms with E-state index in [-0.39, 0.29) is 42.2 Å². The van der Waals surface area contributed by atoms with Gasteiger partial charge in [-0.05, 0) is 48.1 Å². The number of amides is 1. The molecule has 6 nitrogen and oxygen atoms in total. The van der Waals surface area contributed by atoms with Crippen LogP contribution in [0.25, 0.3) is 11.1 Å². The Morgan fingerprint density at radius 1 is 1.18 bits per heavy atom. The third-order valence-corrected chi connectivity index (χ3v) is 6.80. The molecule has 3 atom stereocenters. The minimum atomic E-state index is -0.276. The van der Waals surface area contributed by atoms with Crippen molar-refractivity contribution in [2.75, 3.05) is 19.7 Å². The molecule has 2 aliphatic rings. The summed E-state index contributed by atoms with van der Waals surface area (Å²) in [6.07, 6.45) is 4.51. The van der Waals surface area contributed by atoms with Crippen molar-refractivity contribution >= 4 is 11.7 Å². The number of hydrogen-bond acceptors (Lipinski definition) is 4. The zero-order valence-electron chi connectivity index (χ0n) is 18.5. The predicted molar refractivity (Wildman–Crippen MR) is 121 cm³/mol. The molecule has 33 heavy (non-hydrogen) atoms. The van der Waals surface area contributed by atoms with Crippen molar-refractivity contribution in [3.05, 3.63) is 78.1 Å². The van der Waals surface area contributed by atoms with Crippen molar-refractivity contribution in [2.45, 2.75) is 31.9 Å². The van der Waals surface area contributed by atoms with Crippen molar-refractivity contribution in [2.24, 2.45) is 5.92 Å². The molecule has 3 aromatic rings. The fourth-order valence-electron chi connectivity index (χ4n) is 4.97. The Bertz CT molecular complexity index is 1170. The lowest BCUT2D eigenvalue weighted by Crippen LogP contribution is -2.51. The summed E-state index contributed by atoms with van der Waals surface area (Å²) in [6.45, 7) is 3.26. The van der Waals surface area contributed by atoms with Gasteiger partial charge in [-0.25, -0.2) is 9.37 Å². The van der Waals surface area contributed by atoms with Gasteiger partial charge < -0.3 is 14.2 Å².